The number of aromatic nitrogens is 2. The lowest BCUT2D eigenvalue weighted by Gasteiger charge is -2.33. The number of ether oxygens (including phenoxy) is 1. The summed E-state index contributed by atoms with van der Waals surface area (Å²) >= 11 is 0. The summed E-state index contributed by atoms with van der Waals surface area (Å²) in [5.41, 5.74) is 2.60. The minimum Gasteiger partial charge on any atom is -0.452 e. The molecular weight excluding hydrogens is 330 g/mol. The van der Waals surface area contributed by atoms with Crippen molar-refractivity contribution < 1.29 is 14.3 Å². The number of nitrogens with zero attached hydrogens (tertiary/aromatic N) is 3. The molecule has 26 heavy (non-hydrogen) atoms. The molecule has 1 amide bonds. The van der Waals surface area contributed by atoms with E-state index in [9.17, 15) is 9.59 Å². The number of likely N-dealkylation sites (tertiary alicyclic amines) is 1. The van der Waals surface area contributed by atoms with Gasteiger partial charge >= 0.3 is 5.97 Å². The van der Waals surface area contributed by atoms with Crippen molar-refractivity contribution in [1.82, 2.24) is 14.7 Å². The molecule has 0 bridgehead atoms. The van der Waals surface area contributed by atoms with Gasteiger partial charge in [0.2, 0.25) is 0 Å². The number of benzene rings is 1. The number of hydrogen-bond acceptors (Lipinski definition) is 4. The summed E-state index contributed by atoms with van der Waals surface area (Å²) in [6.45, 7) is 6.16. The van der Waals surface area contributed by atoms with E-state index in [1.54, 1.807) is 11.6 Å². The number of esters is 1. The van der Waals surface area contributed by atoms with Crippen LogP contribution in [0.25, 0.3) is 5.69 Å². The van der Waals surface area contributed by atoms with Crippen molar-refractivity contribution in [3.63, 3.8) is 0 Å². The number of para-hydroxylation sites is 1. The molecular formula is C20H25N3O3. The molecule has 1 aromatic heterocycles. The molecule has 0 spiro atoms. The summed E-state index contributed by atoms with van der Waals surface area (Å²) in [7, 11) is 0. The molecule has 3 rings (SSSR count). The summed E-state index contributed by atoms with van der Waals surface area (Å²) < 4.78 is 7.04. The summed E-state index contributed by atoms with van der Waals surface area (Å²) in [4.78, 5) is 26.7. The highest BCUT2D eigenvalue weighted by molar-refractivity contribution is 5.93. The fourth-order valence-electron chi connectivity index (χ4n) is 3.51. The third-order valence-electron chi connectivity index (χ3n) is 4.95. The zero-order valence-electron chi connectivity index (χ0n) is 15.6. The standard InChI is InChI=1S/C20H25N3O3/c1-14-9-7-8-12-22(14)18(24)13-26-20(25)19-15(2)21-23(16(19)3)17-10-5-4-6-11-17/h4-6,10-11,14H,7-9,12-13H2,1-3H3/t14-/m1/s1. The lowest BCUT2D eigenvalue weighted by molar-refractivity contribution is -0.137. The van der Waals surface area contributed by atoms with Crippen molar-refractivity contribution in [2.24, 2.45) is 0 Å². The Morgan fingerprint density at radius 3 is 2.62 bits per heavy atom. The number of rotatable bonds is 4. The van der Waals surface area contributed by atoms with Gasteiger partial charge in [0.1, 0.15) is 5.56 Å². The summed E-state index contributed by atoms with van der Waals surface area (Å²) in [5.74, 6) is -0.628. The Morgan fingerprint density at radius 1 is 1.19 bits per heavy atom. The van der Waals surface area contributed by atoms with E-state index in [4.69, 9.17) is 4.74 Å². The van der Waals surface area contributed by atoms with Crippen LogP contribution < -0.4 is 0 Å². The normalized spacial score (nSPS) is 17.2. The minimum atomic E-state index is -0.500. The van der Waals surface area contributed by atoms with Gasteiger partial charge in [-0.05, 0) is 52.2 Å². The highest BCUT2D eigenvalue weighted by atomic mass is 16.5. The molecule has 1 fully saturated rings. The van der Waals surface area contributed by atoms with Crippen molar-refractivity contribution in [1.29, 1.82) is 0 Å². The summed E-state index contributed by atoms with van der Waals surface area (Å²) in [6.07, 6.45) is 3.15. The lowest BCUT2D eigenvalue weighted by Crippen LogP contribution is -2.44. The molecule has 1 aliphatic rings. The van der Waals surface area contributed by atoms with Crippen molar-refractivity contribution in [3.05, 3.63) is 47.3 Å². The van der Waals surface area contributed by atoms with Crippen molar-refractivity contribution >= 4 is 11.9 Å². The average Bonchev–Trinajstić information content (AvgIpc) is 2.95. The molecule has 6 nitrogen and oxygen atoms in total. The maximum atomic E-state index is 12.6. The van der Waals surface area contributed by atoms with Crippen LogP contribution in [-0.2, 0) is 9.53 Å². The van der Waals surface area contributed by atoms with Crippen molar-refractivity contribution in [2.45, 2.75) is 46.1 Å². The first-order valence-corrected chi connectivity index (χ1v) is 9.07. The van der Waals surface area contributed by atoms with Gasteiger partial charge in [-0.1, -0.05) is 18.2 Å². The van der Waals surface area contributed by atoms with E-state index >= 15 is 0 Å². The largest absolute Gasteiger partial charge is 0.452 e. The molecule has 6 heteroatoms. The second-order valence-electron chi connectivity index (χ2n) is 6.80. The fraction of sp³-hybridized carbons (Fsp3) is 0.450. The highest BCUT2D eigenvalue weighted by Crippen LogP contribution is 2.20. The topological polar surface area (TPSA) is 64.4 Å². The molecule has 0 N–H and O–H groups in total. The summed E-state index contributed by atoms with van der Waals surface area (Å²) in [5, 5.41) is 4.45. The molecule has 0 aliphatic carbocycles. The van der Waals surface area contributed by atoms with E-state index in [0.29, 0.717) is 17.0 Å². The molecule has 1 aliphatic heterocycles. The van der Waals surface area contributed by atoms with Gasteiger partial charge in [-0.3, -0.25) is 4.79 Å². The molecule has 1 saturated heterocycles. The molecule has 2 aromatic rings. The first-order valence-electron chi connectivity index (χ1n) is 9.07. The van der Waals surface area contributed by atoms with Crippen LogP contribution in [0.5, 0.6) is 0 Å². The molecule has 1 aromatic carbocycles. The van der Waals surface area contributed by atoms with Gasteiger partial charge in [0.15, 0.2) is 6.61 Å². The van der Waals surface area contributed by atoms with E-state index < -0.39 is 5.97 Å². The Hall–Kier alpha value is -2.63. The van der Waals surface area contributed by atoms with Gasteiger partial charge < -0.3 is 9.64 Å². The second kappa shape index (κ2) is 7.72. The first-order chi connectivity index (χ1) is 12.5. The third kappa shape index (κ3) is 3.64. The Bertz CT molecular complexity index is 798. The highest BCUT2D eigenvalue weighted by Gasteiger charge is 2.26. The van der Waals surface area contributed by atoms with Crippen LogP contribution in [0.1, 0.15) is 47.9 Å². The Labute approximate surface area is 153 Å². The van der Waals surface area contributed by atoms with Gasteiger partial charge in [0, 0.05) is 12.6 Å². The summed E-state index contributed by atoms with van der Waals surface area (Å²) in [6, 6.07) is 9.83. The van der Waals surface area contributed by atoms with Crippen molar-refractivity contribution in [3.8, 4) is 5.69 Å². The van der Waals surface area contributed by atoms with Crippen LogP contribution >= 0.6 is 0 Å². The fourth-order valence-corrected chi connectivity index (χ4v) is 3.51. The predicted molar refractivity (Wildman–Crippen MR) is 98.3 cm³/mol. The number of carbonyl (C=O) groups is 2. The smallest absolute Gasteiger partial charge is 0.342 e. The maximum absolute atomic E-state index is 12.6. The Balaban J connectivity index is 1.70. The van der Waals surface area contributed by atoms with Crippen LogP contribution in [0, 0.1) is 13.8 Å². The van der Waals surface area contributed by atoms with E-state index in [0.717, 1.165) is 31.5 Å². The van der Waals surface area contributed by atoms with Crippen LogP contribution in [0.2, 0.25) is 0 Å². The predicted octanol–water partition coefficient (Wildman–Crippen LogP) is 3.05. The number of piperidine rings is 1. The van der Waals surface area contributed by atoms with Gasteiger partial charge in [-0.2, -0.15) is 5.10 Å². The lowest BCUT2D eigenvalue weighted by atomic mass is 10.0. The van der Waals surface area contributed by atoms with Gasteiger partial charge in [0.25, 0.3) is 5.91 Å². The molecule has 0 radical (unpaired) electrons. The molecule has 138 valence electrons. The van der Waals surface area contributed by atoms with E-state index in [1.807, 2.05) is 49.1 Å². The number of carbonyl (C=O) groups excluding carboxylic acids is 2. The second-order valence-corrected chi connectivity index (χ2v) is 6.80. The number of hydrogen-bond donors (Lipinski definition) is 0. The number of aryl methyl sites for hydroxylation is 1. The number of amides is 1. The van der Waals surface area contributed by atoms with Gasteiger partial charge in [-0.15, -0.1) is 0 Å². The zero-order valence-corrected chi connectivity index (χ0v) is 15.6. The van der Waals surface area contributed by atoms with Crippen LogP contribution in [0.3, 0.4) is 0 Å². The van der Waals surface area contributed by atoms with Crippen LogP contribution in [0.4, 0.5) is 0 Å². The van der Waals surface area contributed by atoms with Crippen molar-refractivity contribution in [2.75, 3.05) is 13.2 Å². The zero-order chi connectivity index (χ0) is 18.7. The molecule has 1 atom stereocenters. The average molecular weight is 355 g/mol. The Kier molecular flexibility index (Phi) is 5.40. The van der Waals surface area contributed by atoms with Gasteiger partial charge in [0.05, 0.1) is 17.1 Å². The molecule has 2 heterocycles. The minimum absolute atomic E-state index is 0.128. The van der Waals surface area contributed by atoms with Gasteiger partial charge in [-0.25, -0.2) is 9.48 Å². The molecule has 0 unspecified atom stereocenters. The molecule has 0 saturated carbocycles. The van der Waals surface area contributed by atoms with Crippen LogP contribution in [0.15, 0.2) is 30.3 Å². The Morgan fingerprint density at radius 2 is 1.92 bits per heavy atom. The van der Waals surface area contributed by atoms with E-state index in [2.05, 4.69) is 5.10 Å². The van der Waals surface area contributed by atoms with Crippen LogP contribution in [-0.4, -0.2) is 45.8 Å². The SMILES string of the molecule is Cc1nn(-c2ccccc2)c(C)c1C(=O)OCC(=O)N1CCCC[C@H]1C. The maximum Gasteiger partial charge on any atom is 0.342 e. The third-order valence-corrected chi connectivity index (χ3v) is 4.95. The van der Waals surface area contributed by atoms with E-state index in [1.165, 1.54) is 0 Å². The first kappa shape index (κ1) is 18.2. The quantitative estimate of drug-likeness (QED) is 0.791. The van der Waals surface area contributed by atoms with E-state index in [-0.39, 0.29) is 18.6 Å². The monoisotopic (exact) mass is 355 g/mol.